The molecule has 2 N–H and O–H groups in total. The largest absolute Gasteiger partial charge is 0.480 e. The molecule has 1 amide bonds. The Morgan fingerprint density at radius 3 is 2.45 bits per heavy atom. The molecule has 0 aliphatic heterocycles. The monoisotopic (exact) mass is 283 g/mol. The van der Waals surface area contributed by atoms with Crippen LogP contribution in [0.2, 0.25) is 0 Å². The van der Waals surface area contributed by atoms with Gasteiger partial charge in [-0.1, -0.05) is 18.2 Å². The minimum Gasteiger partial charge on any atom is -0.480 e. The topological polar surface area (TPSA) is 75.6 Å². The van der Waals surface area contributed by atoms with E-state index in [4.69, 9.17) is 9.84 Å². The molecule has 1 aromatic rings. The van der Waals surface area contributed by atoms with E-state index < -0.39 is 29.5 Å². The number of hydrogen-bond acceptors (Lipinski definition) is 3. The number of ether oxygens (including phenoxy) is 1. The fourth-order valence-electron chi connectivity index (χ4n) is 1.53. The van der Waals surface area contributed by atoms with Gasteiger partial charge in [-0.15, -0.1) is 0 Å². The number of amides is 1. The second-order valence-electron chi connectivity index (χ2n) is 5.33. The first-order chi connectivity index (χ1) is 9.19. The Hall–Kier alpha value is -2.11. The fraction of sp³-hybridized carbons (Fsp3) is 0.429. The van der Waals surface area contributed by atoms with E-state index in [0.29, 0.717) is 0 Å². The van der Waals surface area contributed by atoms with Crippen LogP contribution in [0, 0.1) is 5.82 Å². The average molecular weight is 283 g/mol. The Labute approximate surface area is 116 Å². The Morgan fingerprint density at radius 2 is 1.95 bits per heavy atom. The summed E-state index contributed by atoms with van der Waals surface area (Å²) in [6.45, 7) is 5.00. The molecular weight excluding hydrogens is 265 g/mol. The van der Waals surface area contributed by atoms with Gasteiger partial charge >= 0.3 is 12.1 Å². The molecule has 0 bridgehead atoms. The molecule has 6 heteroatoms. The van der Waals surface area contributed by atoms with Crippen molar-refractivity contribution in [3.63, 3.8) is 0 Å². The van der Waals surface area contributed by atoms with Gasteiger partial charge in [-0.3, -0.25) is 0 Å². The number of carboxylic acid groups (broad SMARTS) is 1. The highest BCUT2D eigenvalue weighted by Gasteiger charge is 2.24. The zero-order valence-electron chi connectivity index (χ0n) is 11.6. The van der Waals surface area contributed by atoms with Gasteiger partial charge in [0, 0.05) is 6.42 Å². The van der Waals surface area contributed by atoms with E-state index in [9.17, 15) is 14.0 Å². The van der Waals surface area contributed by atoms with E-state index in [0.717, 1.165) is 0 Å². The lowest BCUT2D eigenvalue weighted by Gasteiger charge is -2.22. The van der Waals surface area contributed by atoms with Crippen molar-refractivity contribution in [2.75, 3.05) is 0 Å². The molecule has 0 aliphatic carbocycles. The van der Waals surface area contributed by atoms with E-state index in [-0.39, 0.29) is 12.0 Å². The molecule has 20 heavy (non-hydrogen) atoms. The Morgan fingerprint density at radius 1 is 1.35 bits per heavy atom. The second-order valence-corrected chi connectivity index (χ2v) is 5.33. The summed E-state index contributed by atoms with van der Waals surface area (Å²) in [5, 5.41) is 11.3. The highest BCUT2D eigenvalue weighted by molar-refractivity contribution is 5.80. The van der Waals surface area contributed by atoms with Crippen LogP contribution in [0.4, 0.5) is 9.18 Å². The SMILES string of the molecule is CC(C)(C)OC(=O)N[C@@H](Cc1ccccc1F)C(=O)O. The molecule has 1 aromatic carbocycles. The summed E-state index contributed by atoms with van der Waals surface area (Å²) in [5.41, 5.74) is -0.513. The van der Waals surface area contributed by atoms with Gasteiger partial charge < -0.3 is 15.2 Å². The lowest BCUT2D eigenvalue weighted by Crippen LogP contribution is -2.44. The number of rotatable bonds is 4. The van der Waals surface area contributed by atoms with E-state index >= 15 is 0 Å². The number of nitrogens with one attached hydrogen (secondary N) is 1. The number of carbonyl (C=O) groups is 2. The lowest BCUT2D eigenvalue weighted by atomic mass is 10.1. The van der Waals surface area contributed by atoms with Gasteiger partial charge in [0.15, 0.2) is 0 Å². The third kappa shape index (κ3) is 5.26. The highest BCUT2D eigenvalue weighted by Crippen LogP contribution is 2.11. The maximum atomic E-state index is 13.5. The minimum absolute atomic E-state index is 0.152. The number of carboxylic acids is 1. The van der Waals surface area contributed by atoms with Gasteiger partial charge in [-0.05, 0) is 32.4 Å². The van der Waals surface area contributed by atoms with Crippen LogP contribution in [0.1, 0.15) is 26.3 Å². The van der Waals surface area contributed by atoms with Gasteiger partial charge in [0.2, 0.25) is 0 Å². The van der Waals surface area contributed by atoms with Crippen molar-refractivity contribution < 1.29 is 23.8 Å². The maximum absolute atomic E-state index is 13.5. The molecule has 0 unspecified atom stereocenters. The quantitative estimate of drug-likeness (QED) is 0.889. The number of halogens is 1. The minimum atomic E-state index is -1.25. The number of aliphatic carboxylic acids is 1. The molecule has 1 atom stereocenters. The van der Waals surface area contributed by atoms with Crippen LogP contribution in [0.25, 0.3) is 0 Å². The van der Waals surface area contributed by atoms with Crippen molar-refractivity contribution in [1.82, 2.24) is 5.32 Å². The first kappa shape index (κ1) is 15.9. The van der Waals surface area contributed by atoms with Crippen molar-refractivity contribution >= 4 is 12.1 Å². The van der Waals surface area contributed by atoms with E-state index in [2.05, 4.69) is 5.32 Å². The molecule has 0 aromatic heterocycles. The predicted octanol–water partition coefficient (Wildman–Crippen LogP) is 2.35. The molecule has 110 valence electrons. The summed E-state index contributed by atoms with van der Waals surface area (Å²) in [6, 6.07) is 4.58. The van der Waals surface area contributed by atoms with Crippen LogP contribution in [0.3, 0.4) is 0 Å². The Balaban J connectivity index is 2.74. The molecular formula is C14H18FNO4. The summed E-state index contributed by atoms with van der Waals surface area (Å²) in [4.78, 5) is 22.7. The molecule has 0 saturated carbocycles. The summed E-state index contributed by atoms with van der Waals surface area (Å²) in [5.74, 6) is -1.76. The van der Waals surface area contributed by atoms with Crippen molar-refractivity contribution in [1.29, 1.82) is 0 Å². The van der Waals surface area contributed by atoms with Crippen LogP contribution in [-0.4, -0.2) is 28.8 Å². The zero-order chi connectivity index (χ0) is 15.3. The summed E-state index contributed by atoms with van der Waals surface area (Å²) in [7, 11) is 0. The van der Waals surface area contributed by atoms with Crippen molar-refractivity contribution in [3.8, 4) is 0 Å². The van der Waals surface area contributed by atoms with Crippen LogP contribution < -0.4 is 5.32 Å². The van der Waals surface area contributed by atoms with Crippen molar-refractivity contribution in [2.45, 2.75) is 38.8 Å². The van der Waals surface area contributed by atoms with Crippen LogP contribution in [-0.2, 0) is 16.0 Å². The van der Waals surface area contributed by atoms with Gasteiger partial charge in [-0.2, -0.15) is 0 Å². The first-order valence-electron chi connectivity index (χ1n) is 6.15. The lowest BCUT2D eigenvalue weighted by molar-refractivity contribution is -0.139. The van der Waals surface area contributed by atoms with Crippen LogP contribution in [0.5, 0.6) is 0 Å². The molecule has 0 spiro atoms. The summed E-state index contributed by atoms with van der Waals surface area (Å²) >= 11 is 0. The fourth-order valence-corrected chi connectivity index (χ4v) is 1.53. The smallest absolute Gasteiger partial charge is 0.408 e. The van der Waals surface area contributed by atoms with Crippen LogP contribution in [0.15, 0.2) is 24.3 Å². The Kier molecular flexibility index (Phi) is 5.07. The first-order valence-corrected chi connectivity index (χ1v) is 6.15. The number of alkyl carbamates (subject to hydrolysis) is 1. The van der Waals surface area contributed by atoms with Crippen molar-refractivity contribution in [2.24, 2.45) is 0 Å². The van der Waals surface area contributed by atoms with Crippen LogP contribution >= 0.6 is 0 Å². The van der Waals surface area contributed by atoms with Crippen molar-refractivity contribution in [3.05, 3.63) is 35.6 Å². The predicted molar refractivity (Wildman–Crippen MR) is 70.9 cm³/mol. The average Bonchev–Trinajstić information content (AvgIpc) is 2.28. The normalized spacial score (nSPS) is 12.6. The Bertz CT molecular complexity index is 496. The van der Waals surface area contributed by atoms with Gasteiger partial charge in [0.05, 0.1) is 0 Å². The molecule has 0 radical (unpaired) electrons. The number of carbonyl (C=O) groups excluding carboxylic acids is 1. The molecule has 5 nitrogen and oxygen atoms in total. The van der Waals surface area contributed by atoms with E-state index in [1.165, 1.54) is 18.2 Å². The number of hydrogen-bond donors (Lipinski definition) is 2. The summed E-state index contributed by atoms with van der Waals surface area (Å²) < 4.78 is 18.5. The second kappa shape index (κ2) is 6.36. The third-order valence-electron chi connectivity index (χ3n) is 2.37. The van der Waals surface area contributed by atoms with Gasteiger partial charge in [-0.25, -0.2) is 14.0 Å². The van der Waals surface area contributed by atoms with Gasteiger partial charge in [0.1, 0.15) is 17.5 Å². The molecule has 0 saturated heterocycles. The molecule has 1 rings (SSSR count). The maximum Gasteiger partial charge on any atom is 0.408 e. The zero-order valence-corrected chi connectivity index (χ0v) is 11.6. The standard InChI is InChI=1S/C14H18FNO4/c1-14(2,3)20-13(19)16-11(12(17)18)8-9-6-4-5-7-10(9)15/h4-7,11H,8H2,1-3H3,(H,16,19)(H,17,18)/t11-/m0/s1. The van der Waals surface area contributed by atoms with Gasteiger partial charge in [0.25, 0.3) is 0 Å². The molecule has 0 heterocycles. The summed E-state index contributed by atoms with van der Waals surface area (Å²) in [6.07, 6.45) is -0.998. The van der Waals surface area contributed by atoms with E-state index in [1.807, 2.05) is 0 Å². The number of benzene rings is 1. The third-order valence-corrected chi connectivity index (χ3v) is 2.37. The molecule has 0 fully saturated rings. The molecule has 0 aliphatic rings. The highest BCUT2D eigenvalue weighted by atomic mass is 19.1. The van der Waals surface area contributed by atoms with E-state index in [1.54, 1.807) is 26.8 Å².